The number of amides is 2. The van der Waals surface area contributed by atoms with Gasteiger partial charge in [-0.3, -0.25) is 14.5 Å². The highest BCUT2D eigenvalue weighted by Gasteiger charge is 2.91. The fourth-order valence-electron chi connectivity index (χ4n) is 13.0. The number of para-hydroxylation sites is 1. The van der Waals surface area contributed by atoms with Gasteiger partial charge < -0.3 is 33.9 Å². The minimum Gasteiger partial charge on any atom is -0.461 e. The molecule has 1 aromatic carbocycles. The molecule has 262 valence electrons. The van der Waals surface area contributed by atoms with Gasteiger partial charge in [-0.25, -0.2) is 9.69 Å². The molecular formula is C36H48N2O10. The van der Waals surface area contributed by atoms with E-state index in [9.17, 15) is 24.6 Å². The maximum Gasteiger partial charge on any atom is 0.340 e. The van der Waals surface area contributed by atoms with Crippen LogP contribution in [-0.2, 0) is 33.3 Å². The quantitative estimate of drug-likeness (QED) is 0.294. The molecule has 0 radical (unpaired) electrons. The summed E-state index contributed by atoms with van der Waals surface area (Å²) in [4.78, 5) is 42.6. The van der Waals surface area contributed by atoms with Crippen LogP contribution in [0.25, 0.3) is 0 Å². The van der Waals surface area contributed by atoms with Gasteiger partial charge in [-0.05, 0) is 43.9 Å². The summed E-state index contributed by atoms with van der Waals surface area (Å²) in [6, 6.07) is 6.11. The number of anilines is 1. The van der Waals surface area contributed by atoms with Gasteiger partial charge >= 0.3 is 5.97 Å². The molecule has 0 aromatic heterocycles. The Morgan fingerprint density at radius 3 is 2.38 bits per heavy atom. The molecule has 2 saturated heterocycles. The Morgan fingerprint density at radius 1 is 1.00 bits per heavy atom. The zero-order valence-corrected chi connectivity index (χ0v) is 28.4. The summed E-state index contributed by atoms with van der Waals surface area (Å²) >= 11 is 0. The number of imide groups is 1. The molecule has 1 aromatic rings. The van der Waals surface area contributed by atoms with Crippen LogP contribution in [-0.4, -0.2) is 123 Å². The average Bonchev–Trinajstić information content (AvgIpc) is 3.66. The van der Waals surface area contributed by atoms with Crippen molar-refractivity contribution in [1.82, 2.24) is 4.90 Å². The van der Waals surface area contributed by atoms with E-state index < -0.39 is 40.1 Å². The van der Waals surface area contributed by atoms with Crippen molar-refractivity contribution in [3.63, 3.8) is 0 Å². The average molecular weight is 669 g/mol. The van der Waals surface area contributed by atoms with E-state index in [0.717, 1.165) is 11.3 Å². The number of nitrogens with zero attached hydrogens (tertiary/aromatic N) is 2. The van der Waals surface area contributed by atoms with E-state index >= 15 is 0 Å². The van der Waals surface area contributed by atoms with Crippen LogP contribution in [0.5, 0.6) is 0 Å². The van der Waals surface area contributed by atoms with Crippen molar-refractivity contribution in [2.75, 3.05) is 53.0 Å². The van der Waals surface area contributed by atoms with E-state index in [1.807, 2.05) is 0 Å². The summed E-state index contributed by atoms with van der Waals surface area (Å²) < 4.78 is 31.3. The Bertz CT molecular complexity index is 1510. The zero-order chi connectivity index (χ0) is 34.0. The fraction of sp³-hybridized carbons (Fsp3) is 0.750. The summed E-state index contributed by atoms with van der Waals surface area (Å²) in [6.45, 7) is 3.24. The number of carbonyl (C=O) groups is 3. The maximum absolute atomic E-state index is 14.0. The third-order valence-corrected chi connectivity index (χ3v) is 14.2. The van der Waals surface area contributed by atoms with Crippen LogP contribution >= 0.6 is 0 Å². The Labute approximate surface area is 280 Å². The summed E-state index contributed by atoms with van der Waals surface area (Å²) in [7, 11) is 6.70. The number of carbonyl (C=O) groups excluding carboxylic acids is 3. The lowest BCUT2D eigenvalue weighted by Crippen LogP contribution is -2.82. The lowest BCUT2D eigenvalue weighted by molar-refractivity contribution is -0.320. The van der Waals surface area contributed by atoms with Gasteiger partial charge in [-0.15, -0.1) is 0 Å². The smallest absolute Gasteiger partial charge is 0.340 e. The van der Waals surface area contributed by atoms with Gasteiger partial charge in [0, 0.05) is 82.8 Å². The minimum atomic E-state index is -1.69. The van der Waals surface area contributed by atoms with Crippen molar-refractivity contribution in [1.29, 1.82) is 0 Å². The molecule has 5 saturated carbocycles. The number of esters is 1. The van der Waals surface area contributed by atoms with E-state index in [0.29, 0.717) is 25.9 Å². The normalized spacial score (nSPS) is 47.1. The SMILES string of the molecule is CCN1C[C@]2(COC(=O)c3ccccc3N3C(=O)CCC3=O)CC[C@H](OC)[C@@]34C2C(OC)[C@@](O)(C13)[C@@]1(O)C[C@H](OC)[C@H]2C[C@@H]4[C@@H]1[C@H]2OC. The van der Waals surface area contributed by atoms with Gasteiger partial charge in [-0.2, -0.15) is 0 Å². The van der Waals surface area contributed by atoms with Crippen LogP contribution < -0.4 is 4.90 Å². The van der Waals surface area contributed by atoms with Crippen molar-refractivity contribution in [2.24, 2.45) is 34.5 Å². The van der Waals surface area contributed by atoms with Crippen molar-refractivity contribution in [3.05, 3.63) is 29.8 Å². The summed E-state index contributed by atoms with van der Waals surface area (Å²) in [5.74, 6) is -2.00. The Hall–Kier alpha value is -2.45. The van der Waals surface area contributed by atoms with Crippen LogP contribution in [0.1, 0.15) is 55.8 Å². The highest BCUT2D eigenvalue weighted by Crippen LogP contribution is 2.80. The number of hydrogen-bond donors (Lipinski definition) is 2. The molecule has 1 spiro atoms. The summed E-state index contributed by atoms with van der Waals surface area (Å²) in [5.41, 5.74) is -4.15. The molecule has 5 aliphatic carbocycles. The highest BCUT2D eigenvalue weighted by molar-refractivity contribution is 6.21. The van der Waals surface area contributed by atoms with Crippen molar-refractivity contribution >= 4 is 23.5 Å². The largest absolute Gasteiger partial charge is 0.461 e. The fourth-order valence-corrected chi connectivity index (χ4v) is 13.0. The van der Waals surface area contributed by atoms with Gasteiger partial charge in [0.15, 0.2) is 0 Å². The van der Waals surface area contributed by atoms with E-state index in [1.165, 1.54) is 0 Å². The second-order valence-corrected chi connectivity index (χ2v) is 15.4. The zero-order valence-electron chi connectivity index (χ0n) is 28.4. The van der Waals surface area contributed by atoms with Crippen molar-refractivity contribution in [3.8, 4) is 0 Å². The molecule has 2 heterocycles. The van der Waals surface area contributed by atoms with E-state index in [4.69, 9.17) is 23.7 Å². The van der Waals surface area contributed by atoms with Gasteiger partial charge in [0.05, 0.1) is 48.3 Å². The first-order chi connectivity index (χ1) is 23.0. The predicted octanol–water partition coefficient (Wildman–Crippen LogP) is 1.79. The molecule has 12 nitrogen and oxygen atoms in total. The van der Waals surface area contributed by atoms with Gasteiger partial charge in [-0.1, -0.05) is 19.1 Å². The van der Waals surface area contributed by atoms with Gasteiger partial charge in [0.2, 0.25) is 11.8 Å². The number of piperidine rings is 1. The highest BCUT2D eigenvalue weighted by atomic mass is 16.5. The molecule has 7 aliphatic rings. The van der Waals surface area contributed by atoms with Gasteiger partial charge in [0.1, 0.15) is 11.2 Å². The third-order valence-electron chi connectivity index (χ3n) is 14.2. The van der Waals surface area contributed by atoms with Crippen LogP contribution in [0.3, 0.4) is 0 Å². The second kappa shape index (κ2) is 11.0. The number of likely N-dealkylation sites (tertiary alicyclic amines) is 1. The summed E-state index contributed by atoms with van der Waals surface area (Å²) in [5, 5.41) is 26.5. The molecule has 2 N–H and O–H groups in total. The monoisotopic (exact) mass is 668 g/mol. The second-order valence-electron chi connectivity index (χ2n) is 15.4. The Balaban J connectivity index is 1.24. The predicted molar refractivity (Wildman–Crippen MR) is 170 cm³/mol. The van der Waals surface area contributed by atoms with Crippen LogP contribution in [0, 0.1) is 34.5 Å². The molecule has 2 aliphatic heterocycles. The number of likely N-dealkylation sites (N-methyl/N-ethyl adjacent to an activating group) is 1. The number of benzene rings is 1. The van der Waals surface area contributed by atoms with E-state index in [2.05, 4.69) is 11.8 Å². The minimum absolute atomic E-state index is 0.0394. The first kappa shape index (κ1) is 32.7. The number of methoxy groups -OCH3 is 4. The molecule has 3 unspecified atom stereocenters. The third kappa shape index (κ3) is 3.67. The summed E-state index contributed by atoms with van der Waals surface area (Å²) in [6.07, 6.45) is 0.951. The first-order valence-corrected chi connectivity index (χ1v) is 17.5. The molecule has 2 amide bonds. The standard InChI is InChI=1S/C36H48N2O10/c1-6-37-17-33(18-48-31(41)19-9-7-8-10-22(19)38-25(39)11-12-26(38)40)14-13-24(45-3)35-21-15-20-23(44-2)16-34(42,27(21)28(20)46-4)36(43,32(35)37)30(47-5)29(33)35/h7-10,20-21,23-24,27-30,32,42-43H,6,11-18H2,1-5H3/t20-,21-,23+,24+,27-,28+,29?,30?,32?,33+,34-,35+,36-/m1/s1. The lowest BCUT2D eigenvalue weighted by atomic mass is 9.42. The maximum atomic E-state index is 14.0. The number of ether oxygens (including phenoxy) is 5. The van der Waals surface area contributed by atoms with Crippen LogP contribution in [0.4, 0.5) is 5.69 Å². The molecule has 7 bridgehead atoms. The lowest BCUT2D eigenvalue weighted by Gasteiger charge is -2.70. The molecular weight excluding hydrogens is 620 g/mol. The number of rotatable bonds is 9. The van der Waals surface area contributed by atoms with Crippen molar-refractivity contribution < 1.29 is 48.3 Å². The van der Waals surface area contributed by atoms with Gasteiger partial charge in [0.25, 0.3) is 0 Å². The Morgan fingerprint density at radius 2 is 1.73 bits per heavy atom. The van der Waals surface area contributed by atoms with E-state index in [-0.39, 0.29) is 90.9 Å². The topological polar surface area (TPSA) is 144 Å². The molecule has 8 rings (SSSR count). The molecule has 13 atom stereocenters. The molecule has 12 heteroatoms. The van der Waals surface area contributed by atoms with Crippen molar-refractivity contribution in [2.45, 2.75) is 87.1 Å². The molecule has 7 fully saturated rings. The molecule has 48 heavy (non-hydrogen) atoms. The van der Waals surface area contributed by atoms with Crippen LogP contribution in [0.15, 0.2) is 24.3 Å². The van der Waals surface area contributed by atoms with E-state index in [1.54, 1.807) is 52.7 Å². The first-order valence-electron chi connectivity index (χ1n) is 17.5. The number of aliphatic hydroxyl groups is 2. The van der Waals surface area contributed by atoms with Crippen LogP contribution in [0.2, 0.25) is 0 Å². The number of fused-ring (bicyclic) bond motifs is 2. The number of hydrogen-bond acceptors (Lipinski definition) is 11. The Kier molecular flexibility index (Phi) is 7.52.